The third kappa shape index (κ3) is 3.89. The third-order valence-electron chi connectivity index (χ3n) is 2.06. The number of methoxy groups -OCH3 is 1. The molecule has 0 aliphatic rings. The number of hydrogen-bond acceptors (Lipinski definition) is 3. The predicted molar refractivity (Wildman–Crippen MR) is 56.3 cm³/mol. The molecule has 1 aromatic rings. The first-order valence-corrected chi connectivity index (χ1v) is 4.93. The average molecular weight is 197 g/mol. The summed E-state index contributed by atoms with van der Waals surface area (Å²) < 4.78 is 6.86. The minimum Gasteiger partial charge on any atom is -0.383 e. The van der Waals surface area contributed by atoms with Gasteiger partial charge in [-0.2, -0.15) is 5.10 Å². The monoisotopic (exact) mass is 197 g/mol. The first kappa shape index (κ1) is 11.2. The fourth-order valence-corrected chi connectivity index (χ4v) is 1.35. The minimum absolute atomic E-state index is 0.406. The van der Waals surface area contributed by atoms with Crippen LogP contribution in [0.3, 0.4) is 0 Å². The molecule has 80 valence electrons. The van der Waals surface area contributed by atoms with Gasteiger partial charge in [0, 0.05) is 39.4 Å². The molecule has 0 fully saturated rings. The Hall–Kier alpha value is -0.870. The lowest BCUT2D eigenvalue weighted by Crippen LogP contribution is -2.31. The van der Waals surface area contributed by atoms with E-state index in [1.807, 2.05) is 24.0 Å². The highest BCUT2D eigenvalue weighted by atomic mass is 16.5. The summed E-state index contributed by atoms with van der Waals surface area (Å²) in [4.78, 5) is 0. The SMILES string of the molecule is COCC(C)NCCc1ccn(C)n1. The van der Waals surface area contributed by atoms with Gasteiger partial charge in [0.2, 0.25) is 0 Å². The van der Waals surface area contributed by atoms with Gasteiger partial charge in [0.15, 0.2) is 0 Å². The van der Waals surface area contributed by atoms with Crippen LogP contribution in [0.2, 0.25) is 0 Å². The normalized spacial score (nSPS) is 13.1. The molecule has 0 saturated carbocycles. The Morgan fingerprint density at radius 3 is 3.00 bits per heavy atom. The lowest BCUT2D eigenvalue weighted by Gasteiger charge is -2.11. The minimum atomic E-state index is 0.406. The van der Waals surface area contributed by atoms with E-state index in [0.29, 0.717) is 6.04 Å². The summed E-state index contributed by atoms with van der Waals surface area (Å²) in [5.41, 5.74) is 1.13. The maximum Gasteiger partial charge on any atom is 0.0637 e. The molecule has 1 heterocycles. The molecule has 0 bridgehead atoms. The molecule has 0 aliphatic carbocycles. The standard InChI is InChI=1S/C10H19N3O/c1-9(8-14-3)11-6-4-10-5-7-13(2)12-10/h5,7,9,11H,4,6,8H2,1-3H3. The third-order valence-corrected chi connectivity index (χ3v) is 2.06. The van der Waals surface area contributed by atoms with Crippen molar-refractivity contribution in [3.63, 3.8) is 0 Å². The topological polar surface area (TPSA) is 39.1 Å². The number of nitrogens with zero attached hydrogens (tertiary/aromatic N) is 2. The number of ether oxygens (including phenoxy) is 1. The quantitative estimate of drug-likeness (QED) is 0.725. The Bertz CT molecular complexity index is 260. The number of aromatic nitrogens is 2. The van der Waals surface area contributed by atoms with E-state index in [1.165, 1.54) is 0 Å². The Balaban J connectivity index is 2.15. The molecule has 0 amide bonds. The molecule has 1 N–H and O–H groups in total. The van der Waals surface area contributed by atoms with Gasteiger partial charge in [-0.15, -0.1) is 0 Å². The van der Waals surface area contributed by atoms with Crippen LogP contribution in [0.15, 0.2) is 12.3 Å². The Kier molecular flexibility index (Phi) is 4.62. The van der Waals surface area contributed by atoms with Crippen LogP contribution in [-0.4, -0.2) is 36.1 Å². The second kappa shape index (κ2) is 5.78. The average Bonchev–Trinajstić information content (AvgIpc) is 2.52. The van der Waals surface area contributed by atoms with Gasteiger partial charge in [0.1, 0.15) is 0 Å². The van der Waals surface area contributed by atoms with Crippen molar-refractivity contribution in [2.45, 2.75) is 19.4 Å². The summed E-state index contributed by atoms with van der Waals surface area (Å²) in [6.07, 6.45) is 2.93. The van der Waals surface area contributed by atoms with E-state index in [1.54, 1.807) is 7.11 Å². The van der Waals surface area contributed by atoms with Crippen LogP contribution in [0.1, 0.15) is 12.6 Å². The number of aryl methyl sites for hydroxylation is 1. The zero-order valence-electron chi connectivity index (χ0n) is 9.16. The van der Waals surface area contributed by atoms with Crippen molar-refractivity contribution < 1.29 is 4.74 Å². The zero-order chi connectivity index (χ0) is 10.4. The number of nitrogens with one attached hydrogen (secondary N) is 1. The van der Waals surface area contributed by atoms with Crippen molar-refractivity contribution in [3.05, 3.63) is 18.0 Å². The molecule has 0 radical (unpaired) electrons. The first-order chi connectivity index (χ1) is 6.72. The Morgan fingerprint density at radius 1 is 1.64 bits per heavy atom. The lowest BCUT2D eigenvalue weighted by atomic mass is 10.3. The van der Waals surface area contributed by atoms with E-state index in [-0.39, 0.29) is 0 Å². The van der Waals surface area contributed by atoms with Crippen molar-refractivity contribution >= 4 is 0 Å². The van der Waals surface area contributed by atoms with Gasteiger partial charge in [-0.05, 0) is 13.0 Å². The highest BCUT2D eigenvalue weighted by Crippen LogP contribution is 1.94. The van der Waals surface area contributed by atoms with Crippen LogP contribution in [-0.2, 0) is 18.2 Å². The van der Waals surface area contributed by atoms with Gasteiger partial charge < -0.3 is 10.1 Å². The summed E-state index contributed by atoms with van der Waals surface area (Å²) in [5.74, 6) is 0. The smallest absolute Gasteiger partial charge is 0.0637 e. The van der Waals surface area contributed by atoms with E-state index in [4.69, 9.17) is 4.74 Å². The molecule has 0 aliphatic heterocycles. The van der Waals surface area contributed by atoms with Gasteiger partial charge in [0.05, 0.1) is 12.3 Å². The number of hydrogen-bond donors (Lipinski definition) is 1. The molecule has 0 spiro atoms. The Morgan fingerprint density at radius 2 is 2.43 bits per heavy atom. The molecule has 1 atom stereocenters. The van der Waals surface area contributed by atoms with E-state index < -0.39 is 0 Å². The molecule has 14 heavy (non-hydrogen) atoms. The molecule has 0 aromatic carbocycles. The molecular weight excluding hydrogens is 178 g/mol. The Labute approximate surface area is 85.3 Å². The van der Waals surface area contributed by atoms with E-state index >= 15 is 0 Å². The second-order valence-corrected chi connectivity index (χ2v) is 3.54. The van der Waals surface area contributed by atoms with Crippen LogP contribution < -0.4 is 5.32 Å². The van der Waals surface area contributed by atoms with E-state index in [0.717, 1.165) is 25.3 Å². The summed E-state index contributed by atoms with van der Waals surface area (Å²) in [6, 6.07) is 2.45. The summed E-state index contributed by atoms with van der Waals surface area (Å²) in [6.45, 7) is 3.81. The molecule has 1 aromatic heterocycles. The molecule has 1 unspecified atom stereocenters. The van der Waals surface area contributed by atoms with Crippen LogP contribution in [0.5, 0.6) is 0 Å². The van der Waals surface area contributed by atoms with Gasteiger partial charge in [-0.3, -0.25) is 4.68 Å². The molecule has 0 saturated heterocycles. The lowest BCUT2D eigenvalue weighted by molar-refractivity contribution is 0.172. The van der Waals surface area contributed by atoms with Gasteiger partial charge in [-0.25, -0.2) is 0 Å². The molecule has 4 nitrogen and oxygen atoms in total. The molecular formula is C10H19N3O. The fraction of sp³-hybridized carbons (Fsp3) is 0.700. The van der Waals surface area contributed by atoms with Crippen molar-refractivity contribution in [2.75, 3.05) is 20.3 Å². The maximum atomic E-state index is 5.03. The predicted octanol–water partition coefficient (Wildman–Crippen LogP) is 0.587. The number of rotatable bonds is 6. The van der Waals surface area contributed by atoms with Crippen LogP contribution in [0.25, 0.3) is 0 Å². The molecule has 4 heteroatoms. The highest BCUT2D eigenvalue weighted by molar-refractivity contribution is 4.98. The highest BCUT2D eigenvalue weighted by Gasteiger charge is 2.00. The van der Waals surface area contributed by atoms with E-state index in [9.17, 15) is 0 Å². The summed E-state index contributed by atoms with van der Waals surface area (Å²) in [7, 11) is 3.65. The van der Waals surface area contributed by atoms with Crippen molar-refractivity contribution in [1.29, 1.82) is 0 Å². The van der Waals surface area contributed by atoms with Crippen LogP contribution >= 0.6 is 0 Å². The van der Waals surface area contributed by atoms with Crippen LogP contribution in [0.4, 0.5) is 0 Å². The van der Waals surface area contributed by atoms with Crippen LogP contribution in [0, 0.1) is 0 Å². The van der Waals surface area contributed by atoms with Crippen molar-refractivity contribution in [2.24, 2.45) is 7.05 Å². The summed E-state index contributed by atoms with van der Waals surface area (Å²) in [5, 5.41) is 7.67. The zero-order valence-corrected chi connectivity index (χ0v) is 9.16. The maximum absolute atomic E-state index is 5.03. The second-order valence-electron chi connectivity index (χ2n) is 3.54. The fourth-order valence-electron chi connectivity index (χ4n) is 1.35. The first-order valence-electron chi connectivity index (χ1n) is 4.93. The van der Waals surface area contributed by atoms with E-state index in [2.05, 4.69) is 17.3 Å². The summed E-state index contributed by atoms with van der Waals surface area (Å²) >= 11 is 0. The van der Waals surface area contributed by atoms with Crippen molar-refractivity contribution in [1.82, 2.24) is 15.1 Å². The van der Waals surface area contributed by atoms with Gasteiger partial charge in [0.25, 0.3) is 0 Å². The van der Waals surface area contributed by atoms with Gasteiger partial charge >= 0.3 is 0 Å². The molecule has 1 rings (SSSR count). The van der Waals surface area contributed by atoms with Gasteiger partial charge in [-0.1, -0.05) is 0 Å². The van der Waals surface area contributed by atoms with Crippen molar-refractivity contribution in [3.8, 4) is 0 Å². The largest absolute Gasteiger partial charge is 0.383 e.